The molecular formula is C12H17NO2S. The number of nitrogens with two attached hydrogens (primary N) is 1. The molecule has 0 radical (unpaired) electrons. The topological polar surface area (TPSA) is 52.3 Å². The minimum absolute atomic E-state index is 0.0760. The van der Waals surface area contributed by atoms with Crippen molar-refractivity contribution in [2.24, 2.45) is 11.7 Å². The highest BCUT2D eigenvalue weighted by Crippen LogP contribution is 2.32. The van der Waals surface area contributed by atoms with Crippen molar-refractivity contribution in [3.63, 3.8) is 0 Å². The highest BCUT2D eigenvalue weighted by molar-refractivity contribution is 7.85. The van der Waals surface area contributed by atoms with Crippen LogP contribution in [-0.2, 0) is 10.8 Å². The Kier molecular flexibility index (Phi) is 3.61. The van der Waals surface area contributed by atoms with E-state index in [1.54, 1.807) is 7.11 Å². The van der Waals surface area contributed by atoms with E-state index < -0.39 is 10.8 Å². The zero-order valence-corrected chi connectivity index (χ0v) is 10.2. The van der Waals surface area contributed by atoms with Crippen LogP contribution in [0, 0.1) is 5.92 Å². The van der Waals surface area contributed by atoms with E-state index >= 15 is 0 Å². The fourth-order valence-corrected chi connectivity index (χ4v) is 2.97. The molecule has 1 fully saturated rings. The zero-order chi connectivity index (χ0) is 11.5. The molecule has 0 bridgehead atoms. The molecule has 16 heavy (non-hydrogen) atoms. The van der Waals surface area contributed by atoms with Crippen LogP contribution in [0.5, 0.6) is 5.75 Å². The van der Waals surface area contributed by atoms with Crippen LogP contribution in [0.4, 0.5) is 0 Å². The van der Waals surface area contributed by atoms with Crippen LogP contribution in [0.25, 0.3) is 0 Å². The summed E-state index contributed by atoms with van der Waals surface area (Å²) < 4.78 is 17.1. The fourth-order valence-electron chi connectivity index (χ4n) is 1.67. The van der Waals surface area contributed by atoms with Crippen molar-refractivity contribution >= 4 is 10.8 Å². The number of methoxy groups -OCH3 is 1. The van der Waals surface area contributed by atoms with Crippen LogP contribution < -0.4 is 10.5 Å². The summed E-state index contributed by atoms with van der Waals surface area (Å²) in [5.41, 5.74) is 5.96. The van der Waals surface area contributed by atoms with Gasteiger partial charge < -0.3 is 10.5 Å². The van der Waals surface area contributed by atoms with Crippen LogP contribution in [0.2, 0.25) is 0 Å². The molecule has 0 saturated heterocycles. The highest BCUT2D eigenvalue weighted by atomic mass is 32.2. The first-order valence-corrected chi connectivity index (χ1v) is 6.80. The van der Waals surface area contributed by atoms with Crippen LogP contribution >= 0.6 is 0 Å². The molecular weight excluding hydrogens is 222 g/mol. The molecule has 2 atom stereocenters. The summed E-state index contributed by atoms with van der Waals surface area (Å²) in [6.07, 6.45) is 2.38. The third-order valence-corrected chi connectivity index (χ3v) is 4.34. The maximum Gasteiger partial charge on any atom is 0.120 e. The van der Waals surface area contributed by atoms with Gasteiger partial charge >= 0.3 is 0 Å². The second kappa shape index (κ2) is 4.97. The van der Waals surface area contributed by atoms with E-state index in [0.29, 0.717) is 11.7 Å². The summed E-state index contributed by atoms with van der Waals surface area (Å²) in [4.78, 5) is 0.801. The molecule has 1 aliphatic carbocycles. The van der Waals surface area contributed by atoms with Crippen LogP contribution in [-0.4, -0.2) is 23.1 Å². The Balaban J connectivity index is 2.01. The first kappa shape index (κ1) is 11.6. The van der Waals surface area contributed by atoms with Crippen molar-refractivity contribution in [2.75, 3.05) is 12.9 Å². The van der Waals surface area contributed by atoms with Crippen molar-refractivity contribution in [1.29, 1.82) is 0 Å². The maximum atomic E-state index is 12.0. The first-order chi connectivity index (χ1) is 7.70. The summed E-state index contributed by atoms with van der Waals surface area (Å²) >= 11 is 0. The summed E-state index contributed by atoms with van der Waals surface area (Å²) in [5.74, 6) is 1.89. The van der Waals surface area contributed by atoms with Gasteiger partial charge in [-0.3, -0.25) is 4.21 Å². The third kappa shape index (κ3) is 2.83. The van der Waals surface area contributed by atoms with Crippen LogP contribution in [0.15, 0.2) is 29.2 Å². The number of benzene rings is 1. The average Bonchev–Trinajstić information content (AvgIpc) is 3.13. The summed E-state index contributed by atoms with van der Waals surface area (Å²) in [6.45, 7) is 0. The lowest BCUT2D eigenvalue weighted by molar-refractivity contribution is 0.413. The Hall–Kier alpha value is -0.870. The van der Waals surface area contributed by atoms with Gasteiger partial charge in [0.05, 0.1) is 17.9 Å². The standard InChI is InChI=1S/C12H17NO2S/c1-15-10-3-2-4-11(7-10)16(14)8-12(13)9-5-6-9/h2-4,7,9,12H,5-6,8,13H2,1H3. The van der Waals surface area contributed by atoms with Gasteiger partial charge in [0.2, 0.25) is 0 Å². The van der Waals surface area contributed by atoms with E-state index in [1.807, 2.05) is 24.3 Å². The monoisotopic (exact) mass is 239 g/mol. The van der Waals surface area contributed by atoms with E-state index in [2.05, 4.69) is 0 Å². The maximum absolute atomic E-state index is 12.0. The van der Waals surface area contributed by atoms with Crippen LogP contribution in [0.1, 0.15) is 12.8 Å². The van der Waals surface area contributed by atoms with Crippen molar-refractivity contribution in [1.82, 2.24) is 0 Å². The number of ether oxygens (including phenoxy) is 1. The van der Waals surface area contributed by atoms with Gasteiger partial charge in [-0.25, -0.2) is 0 Å². The molecule has 0 aromatic heterocycles. The lowest BCUT2D eigenvalue weighted by atomic mass is 10.2. The van der Waals surface area contributed by atoms with Gasteiger partial charge in [0.25, 0.3) is 0 Å². The summed E-state index contributed by atoms with van der Waals surface area (Å²) in [5, 5.41) is 0. The number of hydrogen-bond donors (Lipinski definition) is 1. The summed E-state index contributed by atoms with van der Waals surface area (Å²) in [6, 6.07) is 7.46. The Morgan fingerprint density at radius 1 is 1.56 bits per heavy atom. The predicted octanol–water partition coefficient (Wildman–Crippen LogP) is 1.54. The average molecular weight is 239 g/mol. The Morgan fingerprint density at radius 3 is 2.94 bits per heavy atom. The Labute approximate surface area is 98.4 Å². The van der Waals surface area contributed by atoms with E-state index in [-0.39, 0.29) is 6.04 Å². The van der Waals surface area contributed by atoms with Gasteiger partial charge in [-0.15, -0.1) is 0 Å². The van der Waals surface area contributed by atoms with Crippen molar-refractivity contribution < 1.29 is 8.95 Å². The summed E-state index contributed by atoms with van der Waals surface area (Å²) in [7, 11) is 0.598. The van der Waals surface area contributed by atoms with Gasteiger partial charge in [0.15, 0.2) is 0 Å². The van der Waals surface area contributed by atoms with Crippen molar-refractivity contribution in [3.8, 4) is 5.75 Å². The lowest BCUT2D eigenvalue weighted by Gasteiger charge is -2.10. The predicted molar refractivity (Wildman–Crippen MR) is 65.0 cm³/mol. The molecule has 0 amide bonds. The van der Waals surface area contributed by atoms with Gasteiger partial charge in [-0.2, -0.15) is 0 Å². The van der Waals surface area contributed by atoms with E-state index in [1.165, 1.54) is 12.8 Å². The molecule has 88 valence electrons. The van der Waals surface area contributed by atoms with Gasteiger partial charge in [0.1, 0.15) is 5.75 Å². The van der Waals surface area contributed by atoms with Crippen molar-refractivity contribution in [3.05, 3.63) is 24.3 Å². The second-order valence-corrected chi connectivity index (χ2v) is 5.69. The Bertz CT molecular complexity index is 390. The molecule has 4 heteroatoms. The SMILES string of the molecule is COc1cccc(S(=O)CC(N)C2CC2)c1. The quantitative estimate of drug-likeness (QED) is 0.848. The molecule has 3 nitrogen and oxygen atoms in total. The third-order valence-electron chi connectivity index (χ3n) is 2.88. The van der Waals surface area contributed by atoms with E-state index in [9.17, 15) is 4.21 Å². The van der Waals surface area contributed by atoms with E-state index in [4.69, 9.17) is 10.5 Å². The molecule has 2 N–H and O–H groups in total. The molecule has 1 aromatic rings. The number of rotatable bonds is 5. The molecule has 0 spiro atoms. The highest BCUT2D eigenvalue weighted by Gasteiger charge is 2.29. The minimum atomic E-state index is -1.01. The number of hydrogen-bond acceptors (Lipinski definition) is 3. The largest absolute Gasteiger partial charge is 0.497 e. The molecule has 0 heterocycles. The molecule has 1 aliphatic rings. The molecule has 1 saturated carbocycles. The Morgan fingerprint density at radius 2 is 2.31 bits per heavy atom. The lowest BCUT2D eigenvalue weighted by Crippen LogP contribution is -2.29. The zero-order valence-electron chi connectivity index (χ0n) is 9.39. The van der Waals surface area contributed by atoms with Crippen molar-refractivity contribution in [2.45, 2.75) is 23.8 Å². The second-order valence-electron chi connectivity index (χ2n) is 4.19. The van der Waals surface area contributed by atoms with Gasteiger partial charge in [-0.1, -0.05) is 6.07 Å². The van der Waals surface area contributed by atoms with Gasteiger partial charge in [-0.05, 0) is 37.0 Å². The van der Waals surface area contributed by atoms with Crippen LogP contribution in [0.3, 0.4) is 0 Å². The van der Waals surface area contributed by atoms with Gasteiger partial charge in [0, 0.05) is 16.7 Å². The minimum Gasteiger partial charge on any atom is -0.497 e. The molecule has 0 aliphatic heterocycles. The molecule has 2 unspecified atom stereocenters. The molecule has 2 rings (SSSR count). The molecule has 1 aromatic carbocycles. The fraction of sp³-hybridized carbons (Fsp3) is 0.500. The normalized spacial score (nSPS) is 19.1. The van der Waals surface area contributed by atoms with E-state index in [0.717, 1.165) is 10.6 Å². The smallest absolute Gasteiger partial charge is 0.120 e. The first-order valence-electron chi connectivity index (χ1n) is 5.48.